The molecular formula is C15H25BrN2O2. The van der Waals surface area contributed by atoms with E-state index in [-0.39, 0.29) is 0 Å². The third-order valence-corrected chi connectivity index (χ3v) is 3.27. The second-order valence-corrected chi connectivity index (χ2v) is 5.75. The average Bonchev–Trinajstić information content (AvgIpc) is 2.40. The Bertz CT molecular complexity index is 386. The van der Waals surface area contributed by atoms with Gasteiger partial charge < -0.3 is 20.5 Å². The van der Waals surface area contributed by atoms with Gasteiger partial charge in [-0.05, 0) is 60.1 Å². The van der Waals surface area contributed by atoms with Gasteiger partial charge in [0.25, 0.3) is 0 Å². The van der Waals surface area contributed by atoms with Crippen LogP contribution in [0, 0.1) is 0 Å². The molecule has 0 unspecified atom stereocenters. The molecular weight excluding hydrogens is 320 g/mol. The fourth-order valence-electron chi connectivity index (χ4n) is 1.61. The minimum atomic E-state index is 0.520. The number of nitrogens with two attached hydrogens (primary N) is 1. The number of rotatable bonds is 10. The molecule has 0 fully saturated rings. The van der Waals surface area contributed by atoms with Gasteiger partial charge in [0, 0.05) is 6.04 Å². The monoisotopic (exact) mass is 344 g/mol. The summed E-state index contributed by atoms with van der Waals surface area (Å²) in [5.74, 6) is 1.68. The lowest BCUT2D eigenvalue weighted by molar-refractivity contribution is 0.299. The second kappa shape index (κ2) is 10.0. The summed E-state index contributed by atoms with van der Waals surface area (Å²) in [5.41, 5.74) is 5.43. The quantitative estimate of drug-likeness (QED) is 0.640. The third kappa shape index (κ3) is 7.12. The molecule has 0 amide bonds. The fraction of sp³-hybridized carbons (Fsp3) is 0.600. The van der Waals surface area contributed by atoms with Crippen molar-refractivity contribution in [2.75, 3.05) is 26.3 Å². The standard InChI is InChI=1S/C15H25BrN2O2/c1-12(2)18-8-4-10-20-15-6-5-13(11-14(15)16)19-9-3-7-17/h5-6,11-12,18H,3-4,7-10,17H2,1-2H3. The van der Waals surface area contributed by atoms with Gasteiger partial charge in [0.1, 0.15) is 11.5 Å². The highest BCUT2D eigenvalue weighted by atomic mass is 79.9. The summed E-state index contributed by atoms with van der Waals surface area (Å²) in [7, 11) is 0. The zero-order valence-electron chi connectivity index (χ0n) is 12.3. The summed E-state index contributed by atoms with van der Waals surface area (Å²) in [4.78, 5) is 0. The summed E-state index contributed by atoms with van der Waals surface area (Å²) in [5, 5.41) is 3.36. The van der Waals surface area contributed by atoms with Crippen LogP contribution in [-0.2, 0) is 0 Å². The van der Waals surface area contributed by atoms with Crippen LogP contribution < -0.4 is 20.5 Å². The van der Waals surface area contributed by atoms with Gasteiger partial charge in [0.2, 0.25) is 0 Å². The molecule has 0 heterocycles. The van der Waals surface area contributed by atoms with E-state index in [2.05, 4.69) is 35.1 Å². The summed E-state index contributed by atoms with van der Waals surface area (Å²) < 4.78 is 12.2. The maximum atomic E-state index is 5.74. The summed E-state index contributed by atoms with van der Waals surface area (Å²) in [6.07, 6.45) is 1.85. The molecule has 1 aromatic carbocycles. The Hall–Kier alpha value is -0.780. The molecule has 0 bridgehead atoms. The van der Waals surface area contributed by atoms with Crippen molar-refractivity contribution < 1.29 is 9.47 Å². The van der Waals surface area contributed by atoms with Crippen molar-refractivity contribution >= 4 is 15.9 Å². The van der Waals surface area contributed by atoms with E-state index in [9.17, 15) is 0 Å². The summed E-state index contributed by atoms with van der Waals surface area (Å²) >= 11 is 3.50. The van der Waals surface area contributed by atoms with Gasteiger partial charge in [0.05, 0.1) is 17.7 Å². The van der Waals surface area contributed by atoms with E-state index in [4.69, 9.17) is 15.2 Å². The number of halogens is 1. The smallest absolute Gasteiger partial charge is 0.133 e. The summed E-state index contributed by atoms with van der Waals surface area (Å²) in [6.45, 7) is 7.24. The zero-order chi connectivity index (χ0) is 14.8. The predicted molar refractivity (Wildman–Crippen MR) is 86.6 cm³/mol. The second-order valence-electron chi connectivity index (χ2n) is 4.89. The van der Waals surface area contributed by atoms with Crippen LogP contribution in [-0.4, -0.2) is 32.3 Å². The van der Waals surface area contributed by atoms with Crippen molar-refractivity contribution in [3.8, 4) is 11.5 Å². The number of benzene rings is 1. The molecule has 1 rings (SSSR count). The van der Waals surface area contributed by atoms with Crippen molar-refractivity contribution in [3.05, 3.63) is 22.7 Å². The van der Waals surface area contributed by atoms with Gasteiger partial charge in [-0.3, -0.25) is 0 Å². The van der Waals surface area contributed by atoms with Crippen molar-refractivity contribution in [1.29, 1.82) is 0 Å². The summed E-state index contributed by atoms with van der Waals surface area (Å²) in [6, 6.07) is 6.30. The molecule has 20 heavy (non-hydrogen) atoms. The van der Waals surface area contributed by atoms with Crippen LogP contribution in [0.1, 0.15) is 26.7 Å². The lowest BCUT2D eigenvalue weighted by Crippen LogP contribution is -2.24. The third-order valence-electron chi connectivity index (χ3n) is 2.65. The van der Waals surface area contributed by atoms with Crippen LogP contribution >= 0.6 is 15.9 Å². The molecule has 114 valence electrons. The first-order chi connectivity index (χ1) is 9.63. The van der Waals surface area contributed by atoms with E-state index in [1.54, 1.807) is 0 Å². The van der Waals surface area contributed by atoms with E-state index in [1.165, 1.54) is 0 Å². The van der Waals surface area contributed by atoms with E-state index >= 15 is 0 Å². The molecule has 0 atom stereocenters. The molecule has 0 aliphatic carbocycles. The number of hydrogen-bond donors (Lipinski definition) is 2. The molecule has 0 spiro atoms. The highest BCUT2D eigenvalue weighted by molar-refractivity contribution is 9.10. The molecule has 0 aliphatic rings. The first-order valence-corrected chi connectivity index (χ1v) is 7.91. The number of ether oxygens (including phenoxy) is 2. The van der Waals surface area contributed by atoms with Gasteiger partial charge in [-0.2, -0.15) is 0 Å². The van der Waals surface area contributed by atoms with Crippen LogP contribution in [0.4, 0.5) is 0 Å². The number of hydrogen-bond acceptors (Lipinski definition) is 4. The van der Waals surface area contributed by atoms with Crippen LogP contribution in [0.2, 0.25) is 0 Å². The average molecular weight is 345 g/mol. The minimum Gasteiger partial charge on any atom is -0.494 e. The van der Waals surface area contributed by atoms with Crippen molar-refractivity contribution in [3.63, 3.8) is 0 Å². The Balaban J connectivity index is 2.32. The minimum absolute atomic E-state index is 0.520. The Labute approximate surface area is 130 Å². The molecule has 3 N–H and O–H groups in total. The largest absolute Gasteiger partial charge is 0.494 e. The maximum Gasteiger partial charge on any atom is 0.133 e. The van der Waals surface area contributed by atoms with Gasteiger partial charge in [0.15, 0.2) is 0 Å². The maximum absolute atomic E-state index is 5.74. The van der Waals surface area contributed by atoms with Crippen LogP contribution in [0.25, 0.3) is 0 Å². The van der Waals surface area contributed by atoms with Crippen molar-refractivity contribution in [2.45, 2.75) is 32.7 Å². The highest BCUT2D eigenvalue weighted by Crippen LogP contribution is 2.29. The van der Waals surface area contributed by atoms with E-state index in [0.717, 1.165) is 35.4 Å². The lowest BCUT2D eigenvalue weighted by atomic mass is 10.3. The van der Waals surface area contributed by atoms with E-state index < -0.39 is 0 Å². The van der Waals surface area contributed by atoms with E-state index in [1.807, 2.05) is 18.2 Å². The molecule has 4 nitrogen and oxygen atoms in total. The Morgan fingerprint density at radius 3 is 2.60 bits per heavy atom. The Morgan fingerprint density at radius 2 is 1.95 bits per heavy atom. The van der Waals surface area contributed by atoms with Crippen LogP contribution in [0.3, 0.4) is 0 Å². The molecule has 0 radical (unpaired) electrons. The highest BCUT2D eigenvalue weighted by Gasteiger charge is 2.03. The predicted octanol–water partition coefficient (Wildman–Crippen LogP) is 2.94. The first-order valence-electron chi connectivity index (χ1n) is 7.12. The van der Waals surface area contributed by atoms with Crippen LogP contribution in [0.5, 0.6) is 11.5 Å². The van der Waals surface area contributed by atoms with Gasteiger partial charge in [-0.25, -0.2) is 0 Å². The Kier molecular flexibility index (Phi) is 8.65. The molecule has 0 aromatic heterocycles. The Morgan fingerprint density at radius 1 is 1.20 bits per heavy atom. The van der Waals surface area contributed by atoms with Crippen LogP contribution in [0.15, 0.2) is 22.7 Å². The molecule has 0 aliphatic heterocycles. The van der Waals surface area contributed by atoms with Crippen molar-refractivity contribution in [1.82, 2.24) is 5.32 Å². The lowest BCUT2D eigenvalue weighted by Gasteiger charge is -2.12. The van der Waals surface area contributed by atoms with Gasteiger partial charge in [-0.1, -0.05) is 13.8 Å². The zero-order valence-corrected chi connectivity index (χ0v) is 13.9. The van der Waals surface area contributed by atoms with Gasteiger partial charge in [-0.15, -0.1) is 0 Å². The molecule has 0 saturated carbocycles. The molecule has 5 heteroatoms. The molecule has 1 aromatic rings. The van der Waals surface area contributed by atoms with Crippen molar-refractivity contribution in [2.24, 2.45) is 5.73 Å². The number of nitrogens with one attached hydrogen (secondary N) is 1. The first kappa shape index (κ1) is 17.3. The molecule has 0 saturated heterocycles. The SMILES string of the molecule is CC(C)NCCCOc1ccc(OCCCN)cc1Br. The van der Waals surface area contributed by atoms with E-state index in [0.29, 0.717) is 25.8 Å². The normalized spacial score (nSPS) is 10.8. The topological polar surface area (TPSA) is 56.5 Å². The fourth-order valence-corrected chi connectivity index (χ4v) is 2.08. The van der Waals surface area contributed by atoms with Gasteiger partial charge >= 0.3 is 0 Å².